The highest BCUT2D eigenvalue weighted by molar-refractivity contribution is 5.97. The number of ether oxygens (including phenoxy) is 1. The van der Waals surface area contributed by atoms with Crippen molar-refractivity contribution in [2.24, 2.45) is 17.9 Å². The van der Waals surface area contributed by atoms with E-state index >= 15 is 0 Å². The molecule has 0 atom stereocenters. The molecule has 0 saturated carbocycles. The first-order valence-electron chi connectivity index (χ1n) is 5.96. The van der Waals surface area contributed by atoms with E-state index in [2.05, 4.69) is 20.6 Å². The molecule has 0 aliphatic heterocycles. The molecule has 0 aliphatic carbocycles. The lowest BCUT2D eigenvalue weighted by Gasteiger charge is -2.12. The standard InChI is InChI=1S/C12H16N6O2/c1-7-4-9(12(13)16-19)5-8(2)11(7)20-6-10-14-17-18(3)15-10/h4-5,19H,6H2,1-3H3,(H2,13,16). The minimum atomic E-state index is 0.0679. The molecule has 0 saturated heterocycles. The predicted octanol–water partition coefficient (Wildman–Crippen LogP) is 0.500. The molecule has 2 rings (SSSR count). The van der Waals surface area contributed by atoms with Crippen molar-refractivity contribution in [3.63, 3.8) is 0 Å². The Morgan fingerprint density at radius 2 is 2.05 bits per heavy atom. The Hall–Kier alpha value is -2.64. The molecule has 0 radical (unpaired) electrons. The zero-order valence-corrected chi connectivity index (χ0v) is 11.5. The number of aryl methyl sites for hydroxylation is 3. The highest BCUT2D eigenvalue weighted by Gasteiger charge is 2.10. The molecule has 20 heavy (non-hydrogen) atoms. The molecular formula is C12H16N6O2. The second kappa shape index (κ2) is 5.55. The fourth-order valence-electron chi connectivity index (χ4n) is 1.90. The van der Waals surface area contributed by atoms with Crippen LogP contribution >= 0.6 is 0 Å². The van der Waals surface area contributed by atoms with Crippen molar-refractivity contribution >= 4 is 5.84 Å². The fraction of sp³-hybridized carbons (Fsp3) is 0.333. The van der Waals surface area contributed by atoms with Crippen LogP contribution in [0.4, 0.5) is 0 Å². The van der Waals surface area contributed by atoms with Crippen LogP contribution in [0.3, 0.4) is 0 Å². The number of hydrogen-bond donors (Lipinski definition) is 2. The summed E-state index contributed by atoms with van der Waals surface area (Å²) >= 11 is 0. The van der Waals surface area contributed by atoms with Gasteiger partial charge in [-0.3, -0.25) is 0 Å². The lowest BCUT2D eigenvalue weighted by molar-refractivity contribution is 0.291. The van der Waals surface area contributed by atoms with Crippen LogP contribution in [0.5, 0.6) is 5.75 Å². The van der Waals surface area contributed by atoms with Crippen molar-refractivity contribution in [2.45, 2.75) is 20.5 Å². The van der Waals surface area contributed by atoms with Gasteiger partial charge in [0.1, 0.15) is 5.75 Å². The Bertz CT molecular complexity index is 626. The molecule has 0 bridgehead atoms. The van der Waals surface area contributed by atoms with Gasteiger partial charge in [-0.05, 0) is 42.3 Å². The van der Waals surface area contributed by atoms with Crippen LogP contribution in [-0.4, -0.2) is 31.3 Å². The zero-order valence-electron chi connectivity index (χ0n) is 11.5. The van der Waals surface area contributed by atoms with Gasteiger partial charge >= 0.3 is 0 Å². The van der Waals surface area contributed by atoms with Crippen molar-refractivity contribution in [3.8, 4) is 5.75 Å². The summed E-state index contributed by atoms with van der Waals surface area (Å²) in [7, 11) is 1.69. The summed E-state index contributed by atoms with van der Waals surface area (Å²) in [5, 5.41) is 23.3. The van der Waals surface area contributed by atoms with Crippen molar-refractivity contribution in [2.75, 3.05) is 0 Å². The van der Waals surface area contributed by atoms with Gasteiger partial charge in [-0.1, -0.05) is 5.16 Å². The molecule has 0 amide bonds. The van der Waals surface area contributed by atoms with E-state index in [1.165, 1.54) is 4.80 Å². The number of hydrogen-bond acceptors (Lipinski definition) is 6. The monoisotopic (exact) mass is 276 g/mol. The first kappa shape index (κ1) is 13.8. The van der Waals surface area contributed by atoms with Gasteiger partial charge in [-0.15, -0.1) is 10.2 Å². The number of benzene rings is 1. The van der Waals surface area contributed by atoms with Gasteiger partial charge in [-0.2, -0.15) is 4.80 Å². The maximum Gasteiger partial charge on any atom is 0.212 e. The van der Waals surface area contributed by atoms with Crippen LogP contribution in [0.15, 0.2) is 17.3 Å². The number of aromatic nitrogens is 4. The highest BCUT2D eigenvalue weighted by atomic mass is 16.5. The Balaban J connectivity index is 2.20. The Morgan fingerprint density at radius 1 is 1.40 bits per heavy atom. The first-order valence-corrected chi connectivity index (χ1v) is 5.96. The largest absolute Gasteiger partial charge is 0.485 e. The highest BCUT2D eigenvalue weighted by Crippen LogP contribution is 2.25. The van der Waals surface area contributed by atoms with Crippen molar-refractivity contribution < 1.29 is 9.94 Å². The topological polar surface area (TPSA) is 111 Å². The Kier molecular flexibility index (Phi) is 3.83. The third kappa shape index (κ3) is 2.85. The molecule has 0 aliphatic rings. The van der Waals surface area contributed by atoms with Gasteiger partial charge in [0.15, 0.2) is 12.4 Å². The normalized spacial score (nSPS) is 11.7. The van der Waals surface area contributed by atoms with Gasteiger partial charge in [0.2, 0.25) is 5.82 Å². The molecule has 1 aromatic carbocycles. The molecule has 1 heterocycles. The van der Waals surface area contributed by atoms with Crippen LogP contribution < -0.4 is 10.5 Å². The molecule has 106 valence electrons. The SMILES string of the molecule is Cc1cc(/C(N)=N/O)cc(C)c1OCc1nnn(C)n1. The summed E-state index contributed by atoms with van der Waals surface area (Å²) < 4.78 is 5.71. The maximum atomic E-state index is 8.70. The van der Waals surface area contributed by atoms with Gasteiger partial charge < -0.3 is 15.7 Å². The molecular weight excluding hydrogens is 260 g/mol. The quantitative estimate of drug-likeness (QED) is 0.364. The van der Waals surface area contributed by atoms with Crippen LogP contribution in [0, 0.1) is 13.8 Å². The number of nitrogens with zero attached hydrogens (tertiary/aromatic N) is 5. The Morgan fingerprint density at radius 3 is 2.55 bits per heavy atom. The smallest absolute Gasteiger partial charge is 0.212 e. The summed E-state index contributed by atoms with van der Waals surface area (Å²) in [5.41, 5.74) is 7.99. The van der Waals surface area contributed by atoms with Gasteiger partial charge in [-0.25, -0.2) is 0 Å². The van der Waals surface area contributed by atoms with Gasteiger partial charge in [0.25, 0.3) is 0 Å². The van der Waals surface area contributed by atoms with E-state index in [1.807, 2.05) is 13.8 Å². The molecule has 8 nitrogen and oxygen atoms in total. The Labute approximate surface area is 115 Å². The predicted molar refractivity (Wildman–Crippen MR) is 71.6 cm³/mol. The molecule has 0 spiro atoms. The lowest BCUT2D eigenvalue weighted by atomic mass is 10.1. The number of oxime groups is 1. The van der Waals surface area contributed by atoms with E-state index in [9.17, 15) is 0 Å². The van der Waals surface area contributed by atoms with E-state index < -0.39 is 0 Å². The van der Waals surface area contributed by atoms with E-state index in [0.717, 1.165) is 16.9 Å². The molecule has 1 aromatic heterocycles. The minimum absolute atomic E-state index is 0.0679. The third-order valence-electron chi connectivity index (χ3n) is 2.76. The summed E-state index contributed by atoms with van der Waals surface area (Å²) in [6.45, 7) is 4.01. The summed E-state index contributed by atoms with van der Waals surface area (Å²) in [5.74, 6) is 1.30. The molecule has 0 unspecified atom stereocenters. The van der Waals surface area contributed by atoms with E-state index in [1.54, 1.807) is 19.2 Å². The van der Waals surface area contributed by atoms with Crippen LogP contribution in [-0.2, 0) is 13.7 Å². The number of tetrazole rings is 1. The summed E-state index contributed by atoms with van der Waals surface area (Å²) in [6, 6.07) is 3.59. The van der Waals surface area contributed by atoms with E-state index in [4.69, 9.17) is 15.7 Å². The second-order valence-electron chi connectivity index (χ2n) is 4.41. The molecule has 3 N–H and O–H groups in total. The number of nitrogens with two attached hydrogens (primary N) is 1. The zero-order chi connectivity index (χ0) is 14.7. The van der Waals surface area contributed by atoms with E-state index in [0.29, 0.717) is 11.4 Å². The number of rotatable bonds is 4. The van der Waals surface area contributed by atoms with E-state index in [-0.39, 0.29) is 12.4 Å². The van der Waals surface area contributed by atoms with Gasteiger partial charge in [0, 0.05) is 5.56 Å². The van der Waals surface area contributed by atoms with Gasteiger partial charge in [0.05, 0.1) is 7.05 Å². The average Bonchev–Trinajstić information content (AvgIpc) is 2.82. The number of amidine groups is 1. The fourth-order valence-corrected chi connectivity index (χ4v) is 1.90. The molecule has 0 fully saturated rings. The summed E-state index contributed by atoms with van der Waals surface area (Å²) in [6.07, 6.45) is 0. The van der Waals surface area contributed by atoms with Crippen LogP contribution in [0.2, 0.25) is 0 Å². The maximum absolute atomic E-state index is 8.70. The van der Waals surface area contributed by atoms with Crippen molar-refractivity contribution in [1.82, 2.24) is 20.2 Å². The van der Waals surface area contributed by atoms with Crippen LogP contribution in [0.25, 0.3) is 0 Å². The minimum Gasteiger partial charge on any atom is -0.485 e. The summed E-state index contributed by atoms with van der Waals surface area (Å²) in [4.78, 5) is 1.37. The third-order valence-corrected chi connectivity index (χ3v) is 2.76. The van der Waals surface area contributed by atoms with Crippen molar-refractivity contribution in [3.05, 3.63) is 34.6 Å². The molecule has 2 aromatic rings. The van der Waals surface area contributed by atoms with Crippen LogP contribution in [0.1, 0.15) is 22.5 Å². The first-order chi connectivity index (χ1) is 9.51. The molecule has 8 heteroatoms. The average molecular weight is 276 g/mol. The van der Waals surface area contributed by atoms with Crippen molar-refractivity contribution in [1.29, 1.82) is 0 Å². The second-order valence-corrected chi connectivity index (χ2v) is 4.41. The lowest BCUT2D eigenvalue weighted by Crippen LogP contribution is -2.14.